The monoisotopic (exact) mass is 207 g/mol. The zero-order valence-electron chi connectivity index (χ0n) is 7.38. The van der Waals surface area contributed by atoms with E-state index in [1.165, 1.54) is 4.70 Å². The van der Waals surface area contributed by atoms with Gasteiger partial charge in [0.1, 0.15) is 0 Å². The van der Waals surface area contributed by atoms with Gasteiger partial charge in [-0.25, -0.2) is 9.78 Å². The number of aromatic nitrogens is 1. The maximum absolute atomic E-state index is 9.25. The number of aliphatic carboxylic acids is 1. The van der Waals surface area contributed by atoms with Crippen LogP contribution in [0.2, 0.25) is 0 Å². The molecule has 3 nitrogen and oxygen atoms in total. The van der Waals surface area contributed by atoms with Crippen molar-refractivity contribution in [3.8, 4) is 0 Å². The van der Waals surface area contributed by atoms with E-state index in [0.29, 0.717) is 0 Å². The van der Waals surface area contributed by atoms with Crippen LogP contribution in [0.15, 0.2) is 42.4 Å². The SMILES string of the molecule is C=CC(=O)O.c1ccc2scnc2c1. The molecule has 1 heterocycles. The van der Waals surface area contributed by atoms with Crippen LogP contribution in [0.25, 0.3) is 10.2 Å². The molecule has 0 aliphatic carbocycles. The summed E-state index contributed by atoms with van der Waals surface area (Å²) in [7, 11) is 0. The number of fused-ring (bicyclic) bond motifs is 1. The minimum Gasteiger partial charge on any atom is -0.478 e. The first-order valence-electron chi connectivity index (χ1n) is 3.87. The summed E-state index contributed by atoms with van der Waals surface area (Å²) in [5.74, 6) is -0.981. The molecule has 0 bridgehead atoms. The van der Waals surface area contributed by atoms with E-state index in [1.54, 1.807) is 11.3 Å². The van der Waals surface area contributed by atoms with E-state index in [4.69, 9.17) is 5.11 Å². The fourth-order valence-electron chi connectivity index (χ4n) is 0.803. The van der Waals surface area contributed by atoms with E-state index in [0.717, 1.165) is 11.6 Å². The Morgan fingerprint density at radius 1 is 1.50 bits per heavy atom. The first-order chi connectivity index (χ1) is 6.74. The van der Waals surface area contributed by atoms with Gasteiger partial charge in [0.25, 0.3) is 0 Å². The van der Waals surface area contributed by atoms with Crippen LogP contribution in [-0.2, 0) is 4.79 Å². The number of carbonyl (C=O) groups is 1. The first kappa shape index (κ1) is 10.4. The van der Waals surface area contributed by atoms with Gasteiger partial charge in [0.15, 0.2) is 0 Å². The molecule has 0 spiro atoms. The van der Waals surface area contributed by atoms with Gasteiger partial charge < -0.3 is 5.11 Å². The smallest absolute Gasteiger partial charge is 0.327 e. The summed E-state index contributed by atoms with van der Waals surface area (Å²) in [5, 5.41) is 7.60. The van der Waals surface area contributed by atoms with Crippen LogP contribution in [0.3, 0.4) is 0 Å². The normalized spacial score (nSPS) is 8.86. The fraction of sp³-hybridized carbons (Fsp3) is 0. The van der Waals surface area contributed by atoms with E-state index < -0.39 is 5.97 Å². The number of carboxylic acid groups (broad SMARTS) is 1. The number of hydrogen-bond acceptors (Lipinski definition) is 3. The molecule has 0 aliphatic rings. The average molecular weight is 207 g/mol. The van der Waals surface area contributed by atoms with Crippen LogP contribution in [0, 0.1) is 0 Å². The van der Waals surface area contributed by atoms with Gasteiger partial charge in [-0.3, -0.25) is 0 Å². The van der Waals surface area contributed by atoms with Crippen molar-refractivity contribution in [1.82, 2.24) is 4.98 Å². The molecule has 0 fully saturated rings. The Labute approximate surface area is 85.3 Å². The number of thiazole rings is 1. The largest absolute Gasteiger partial charge is 0.478 e. The number of rotatable bonds is 1. The zero-order chi connectivity index (χ0) is 10.4. The fourth-order valence-corrected chi connectivity index (χ4v) is 1.48. The lowest BCUT2D eigenvalue weighted by Gasteiger charge is -1.80. The Morgan fingerprint density at radius 2 is 2.14 bits per heavy atom. The maximum atomic E-state index is 9.25. The van der Waals surface area contributed by atoms with E-state index >= 15 is 0 Å². The van der Waals surface area contributed by atoms with E-state index in [-0.39, 0.29) is 0 Å². The third-order valence-electron chi connectivity index (χ3n) is 1.41. The van der Waals surface area contributed by atoms with E-state index in [1.807, 2.05) is 23.7 Å². The highest BCUT2D eigenvalue weighted by Crippen LogP contribution is 2.15. The number of nitrogens with zero attached hydrogens (tertiary/aromatic N) is 1. The van der Waals surface area contributed by atoms with Crippen LogP contribution in [0.4, 0.5) is 0 Å². The number of hydrogen-bond donors (Lipinski definition) is 1. The number of para-hydroxylation sites is 1. The van der Waals surface area contributed by atoms with Crippen LogP contribution >= 0.6 is 11.3 Å². The summed E-state index contributed by atoms with van der Waals surface area (Å²) < 4.78 is 1.26. The summed E-state index contributed by atoms with van der Waals surface area (Å²) >= 11 is 1.68. The summed E-state index contributed by atoms with van der Waals surface area (Å²) in [6.45, 7) is 2.96. The molecule has 0 amide bonds. The summed E-state index contributed by atoms with van der Waals surface area (Å²) in [4.78, 5) is 13.4. The van der Waals surface area contributed by atoms with Crippen LogP contribution < -0.4 is 0 Å². The van der Waals surface area contributed by atoms with Crippen LogP contribution in [0.5, 0.6) is 0 Å². The lowest BCUT2D eigenvalue weighted by molar-refractivity contribution is -0.131. The van der Waals surface area contributed by atoms with E-state index in [9.17, 15) is 4.79 Å². The lowest BCUT2D eigenvalue weighted by atomic mass is 10.3. The van der Waals surface area contributed by atoms with Crippen molar-refractivity contribution in [2.45, 2.75) is 0 Å². The third kappa shape index (κ3) is 2.99. The molecular formula is C10H9NO2S. The van der Waals surface area contributed by atoms with Gasteiger partial charge in [0.2, 0.25) is 0 Å². The predicted octanol–water partition coefficient (Wildman–Crippen LogP) is 2.55. The van der Waals surface area contributed by atoms with Gasteiger partial charge in [-0.2, -0.15) is 0 Å². The number of benzene rings is 1. The summed E-state index contributed by atoms with van der Waals surface area (Å²) in [6, 6.07) is 8.13. The van der Waals surface area contributed by atoms with Gasteiger partial charge >= 0.3 is 5.97 Å². The third-order valence-corrected chi connectivity index (χ3v) is 2.22. The first-order valence-corrected chi connectivity index (χ1v) is 4.75. The molecule has 0 atom stereocenters. The molecule has 0 radical (unpaired) electrons. The molecule has 14 heavy (non-hydrogen) atoms. The van der Waals surface area contributed by atoms with Crippen molar-refractivity contribution in [2.75, 3.05) is 0 Å². The van der Waals surface area contributed by atoms with Gasteiger partial charge in [0, 0.05) is 6.08 Å². The molecule has 1 aromatic carbocycles. The molecular weight excluding hydrogens is 198 g/mol. The van der Waals surface area contributed by atoms with Crippen molar-refractivity contribution in [2.24, 2.45) is 0 Å². The maximum Gasteiger partial charge on any atom is 0.327 e. The average Bonchev–Trinajstić information content (AvgIpc) is 2.66. The van der Waals surface area contributed by atoms with Crippen molar-refractivity contribution < 1.29 is 9.90 Å². The predicted molar refractivity (Wildman–Crippen MR) is 57.5 cm³/mol. The molecule has 0 saturated heterocycles. The zero-order valence-corrected chi connectivity index (χ0v) is 8.20. The molecule has 4 heteroatoms. The van der Waals surface area contributed by atoms with Crippen LogP contribution in [-0.4, -0.2) is 16.1 Å². The van der Waals surface area contributed by atoms with Gasteiger partial charge in [-0.05, 0) is 12.1 Å². The second kappa shape index (κ2) is 5.14. The Balaban J connectivity index is 0.000000171. The molecule has 72 valence electrons. The molecule has 0 saturated carbocycles. The van der Waals surface area contributed by atoms with Gasteiger partial charge in [0.05, 0.1) is 15.7 Å². The second-order valence-corrected chi connectivity index (χ2v) is 3.25. The Morgan fingerprint density at radius 3 is 2.71 bits per heavy atom. The highest BCUT2D eigenvalue weighted by molar-refractivity contribution is 7.16. The standard InChI is InChI=1S/C7H5NS.C3H4O2/c1-2-4-7-6(3-1)8-5-9-7;1-2-3(4)5/h1-5H;2H,1H2,(H,4,5). The molecule has 0 unspecified atom stereocenters. The van der Waals surface area contributed by atoms with Crippen molar-refractivity contribution in [3.05, 3.63) is 42.4 Å². The second-order valence-electron chi connectivity index (χ2n) is 2.36. The lowest BCUT2D eigenvalue weighted by Crippen LogP contribution is -1.82. The number of carboxylic acids is 1. The molecule has 1 aromatic heterocycles. The van der Waals surface area contributed by atoms with E-state index in [2.05, 4.69) is 17.6 Å². The van der Waals surface area contributed by atoms with Crippen molar-refractivity contribution in [1.29, 1.82) is 0 Å². The molecule has 2 rings (SSSR count). The summed E-state index contributed by atoms with van der Waals surface area (Å²) in [5.41, 5.74) is 2.97. The quantitative estimate of drug-likeness (QED) is 0.731. The minimum absolute atomic E-state index is 0.833. The molecule has 1 N–H and O–H groups in total. The Hall–Kier alpha value is -1.68. The molecule has 0 aliphatic heterocycles. The Kier molecular flexibility index (Phi) is 3.82. The topological polar surface area (TPSA) is 50.2 Å². The summed E-state index contributed by atoms with van der Waals surface area (Å²) in [6.07, 6.45) is 0.833. The van der Waals surface area contributed by atoms with Crippen molar-refractivity contribution in [3.63, 3.8) is 0 Å². The van der Waals surface area contributed by atoms with Gasteiger partial charge in [-0.15, -0.1) is 11.3 Å². The van der Waals surface area contributed by atoms with Gasteiger partial charge in [-0.1, -0.05) is 18.7 Å². The van der Waals surface area contributed by atoms with Crippen LogP contribution in [0.1, 0.15) is 0 Å². The minimum atomic E-state index is -0.981. The molecule has 2 aromatic rings. The van der Waals surface area contributed by atoms with Crippen molar-refractivity contribution >= 4 is 27.5 Å². The highest BCUT2D eigenvalue weighted by atomic mass is 32.1. The Bertz CT molecular complexity index is 406. The highest BCUT2D eigenvalue weighted by Gasteiger charge is 1.89.